The van der Waals surface area contributed by atoms with Crippen LogP contribution in [0.5, 0.6) is 0 Å². The highest BCUT2D eigenvalue weighted by Gasteiger charge is 2.17. The Hall–Kier alpha value is -2.08. The average molecular weight is 409 g/mol. The van der Waals surface area contributed by atoms with E-state index in [-0.39, 0.29) is 5.82 Å². The van der Waals surface area contributed by atoms with Gasteiger partial charge in [-0.2, -0.15) is 0 Å². The van der Waals surface area contributed by atoms with Crippen LogP contribution in [-0.2, 0) is 11.3 Å². The third kappa shape index (κ3) is 6.05. The van der Waals surface area contributed by atoms with E-state index in [0.717, 1.165) is 15.6 Å². The molecule has 0 heterocycles. The third-order valence-corrected chi connectivity index (χ3v) is 4.19. The molecule has 0 bridgehead atoms. The maximum Gasteiger partial charge on any atom is 0.412 e. The molecule has 0 aliphatic heterocycles. The van der Waals surface area contributed by atoms with Crippen LogP contribution in [0, 0.1) is 12.7 Å². The number of hydrogen-bond acceptors (Lipinski definition) is 3. The molecule has 0 aliphatic carbocycles. The number of ether oxygens (including phenoxy) is 1. The van der Waals surface area contributed by atoms with E-state index in [4.69, 9.17) is 4.74 Å². The molecule has 0 unspecified atom stereocenters. The molecule has 0 saturated heterocycles. The second-order valence-electron chi connectivity index (χ2n) is 6.75. The van der Waals surface area contributed by atoms with Crippen molar-refractivity contribution in [2.24, 2.45) is 0 Å². The smallest absolute Gasteiger partial charge is 0.412 e. The Kier molecular flexibility index (Phi) is 6.06. The summed E-state index contributed by atoms with van der Waals surface area (Å²) in [5.41, 5.74) is 2.52. The first-order chi connectivity index (χ1) is 11.6. The fourth-order valence-corrected chi connectivity index (χ4v) is 2.56. The Bertz CT molecular complexity index is 773. The van der Waals surface area contributed by atoms with Gasteiger partial charge in [-0.3, -0.25) is 5.32 Å². The second kappa shape index (κ2) is 7.87. The molecule has 4 nitrogen and oxygen atoms in total. The fraction of sp³-hybridized carbons (Fsp3) is 0.316. The van der Waals surface area contributed by atoms with Crippen molar-refractivity contribution in [1.29, 1.82) is 0 Å². The molecule has 1 amide bonds. The van der Waals surface area contributed by atoms with E-state index in [1.165, 1.54) is 18.2 Å². The van der Waals surface area contributed by atoms with Crippen molar-refractivity contribution in [3.05, 3.63) is 57.8 Å². The van der Waals surface area contributed by atoms with Crippen LogP contribution < -0.4 is 10.6 Å². The van der Waals surface area contributed by atoms with E-state index in [9.17, 15) is 9.18 Å². The molecule has 6 heteroatoms. The molecule has 0 fully saturated rings. The topological polar surface area (TPSA) is 50.4 Å². The van der Waals surface area contributed by atoms with Crippen molar-refractivity contribution < 1.29 is 13.9 Å². The highest BCUT2D eigenvalue weighted by Crippen LogP contribution is 2.25. The van der Waals surface area contributed by atoms with Crippen LogP contribution in [0.4, 0.5) is 20.6 Å². The maximum absolute atomic E-state index is 13.6. The molecule has 0 radical (unpaired) electrons. The number of amides is 1. The number of benzene rings is 2. The summed E-state index contributed by atoms with van der Waals surface area (Å²) in [6, 6.07) is 10.1. The van der Waals surface area contributed by atoms with Crippen molar-refractivity contribution >= 4 is 33.4 Å². The highest BCUT2D eigenvalue weighted by molar-refractivity contribution is 9.10. The quantitative estimate of drug-likeness (QED) is 0.666. The Morgan fingerprint density at radius 3 is 2.52 bits per heavy atom. The Balaban J connectivity index is 2.12. The summed E-state index contributed by atoms with van der Waals surface area (Å²) in [6.07, 6.45) is -0.583. The van der Waals surface area contributed by atoms with Crippen LogP contribution in [0.3, 0.4) is 0 Å². The van der Waals surface area contributed by atoms with Gasteiger partial charge in [0.05, 0.1) is 11.4 Å². The summed E-state index contributed by atoms with van der Waals surface area (Å²) in [7, 11) is 0. The number of aryl methyl sites for hydroxylation is 1. The molecule has 134 valence electrons. The van der Waals surface area contributed by atoms with Crippen LogP contribution in [-0.4, -0.2) is 11.7 Å². The molecule has 25 heavy (non-hydrogen) atoms. The Labute approximate surface area is 155 Å². The molecule has 0 aliphatic rings. The van der Waals surface area contributed by atoms with E-state index in [1.807, 2.05) is 25.1 Å². The predicted molar refractivity (Wildman–Crippen MR) is 102 cm³/mol. The summed E-state index contributed by atoms with van der Waals surface area (Å²) in [5.74, 6) is -0.387. The molecular weight excluding hydrogens is 387 g/mol. The predicted octanol–water partition coefficient (Wildman–Crippen LogP) is 5.86. The first-order valence-corrected chi connectivity index (χ1v) is 8.72. The molecule has 0 aromatic heterocycles. The highest BCUT2D eigenvalue weighted by atomic mass is 79.9. The molecule has 0 atom stereocenters. The number of hydrogen-bond donors (Lipinski definition) is 2. The molecule has 0 saturated carbocycles. The number of anilines is 2. The van der Waals surface area contributed by atoms with Crippen molar-refractivity contribution in [3.8, 4) is 0 Å². The zero-order chi connectivity index (χ0) is 18.6. The van der Waals surface area contributed by atoms with Crippen LogP contribution in [0.15, 0.2) is 40.9 Å². The monoisotopic (exact) mass is 408 g/mol. The van der Waals surface area contributed by atoms with Crippen LogP contribution in [0.1, 0.15) is 31.9 Å². The largest absolute Gasteiger partial charge is 0.444 e. The lowest BCUT2D eigenvalue weighted by atomic mass is 10.1. The summed E-state index contributed by atoms with van der Waals surface area (Å²) >= 11 is 3.50. The lowest BCUT2D eigenvalue weighted by Crippen LogP contribution is -2.27. The van der Waals surface area contributed by atoms with Crippen LogP contribution >= 0.6 is 15.9 Å². The van der Waals surface area contributed by atoms with Gasteiger partial charge in [-0.25, -0.2) is 9.18 Å². The average Bonchev–Trinajstić information content (AvgIpc) is 2.49. The van der Waals surface area contributed by atoms with Gasteiger partial charge >= 0.3 is 6.09 Å². The number of carbonyl (C=O) groups excluding carboxylic acids is 1. The van der Waals surface area contributed by atoms with Gasteiger partial charge in [0.2, 0.25) is 0 Å². The summed E-state index contributed by atoms with van der Waals surface area (Å²) in [5, 5.41) is 5.81. The normalized spacial score (nSPS) is 11.1. The lowest BCUT2D eigenvalue weighted by molar-refractivity contribution is 0.0636. The zero-order valence-electron chi connectivity index (χ0n) is 14.7. The number of carbonyl (C=O) groups is 1. The number of nitrogens with one attached hydrogen (secondary N) is 2. The zero-order valence-corrected chi connectivity index (χ0v) is 16.3. The van der Waals surface area contributed by atoms with Crippen LogP contribution in [0.25, 0.3) is 0 Å². The second-order valence-corrected chi connectivity index (χ2v) is 7.61. The Morgan fingerprint density at radius 2 is 1.88 bits per heavy atom. The van der Waals surface area contributed by atoms with E-state index >= 15 is 0 Å². The van der Waals surface area contributed by atoms with Crippen molar-refractivity contribution in [1.82, 2.24) is 0 Å². The lowest BCUT2D eigenvalue weighted by Gasteiger charge is -2.20. The first kappa shape index (κ1) is 19.2. The third-order valence-electron chi connectivity index (χ3n) is 3.34. The first-order valence-electron chi connectivity index (χ1n) is 7.92. The molecule has 2 aromatic carbocycles. The minimum absolute atomic E-state index is 0.387. The molecular formula is C19H22BrFN2O2. The van der Waals surface area contributed by atoms with Gasteiger partial charge in [0, 0.05) is 11.0 Å². The Morgan fingerprint density at radius 1 is 1.16 bits per heavy atom. The van der Waals surface area contributed by atoms with Gasteiger partial charge in [-0.15, -0.1) is 0 Å². The molecule has 2 aromatic rings. The van der Waals surface area contributed by atoms with Gasteiger partial charge in [-0.05, 0) is 63.1 Å². The summed E-state index contributed by atoms with van der Waals surface area (Å²) in [4.78, 5) is 12.0. The van der Waals surface area contributed by atoms with E-state index in [0.29, 0.717) is 17.9 Å². The van der Waals surface area contributed by atoms with Gasteiger partial charge in [0.1, 0.15) is 11.4 Å². The van der Waals surface area contributed by atoms with Gasteiger partial charge < -0.3 is 10.1 Å². The van der Waals surface area contributed by atoms with Crippen molar-refractivity contribution in [2.45, 2.75) is 39.8 Å². The van der Waals surface area contributed by atoms with Gasteiger partial charge in [-0.1, -0.05) is 28.1 Å². The number of halogens is 2. The van der Waals surface area contributed by atoms with Crippen LogP contribution in [0.2, 0.25) is 0 Å². The van der Waals surface area contributed by atoms with Crippen molar-refractivity contribution in [3.63, 3.8) is 0 Å². The van der Waals surface area contributed by atoms with E-state index in [1.54, 1.807) is 20.8 Å². The summed E-state index contributed by atoms with van der Waals surface area (Å²) < 4.78 is 19.9. The maximum atomic E-state index is 13.6. The molecule has 2 rings (SSSR count). The summed E-state index contributed by atoms with van der Waals surface area (Å²) in [6.45, 7) is 7.85. The molecule has 0 spiro atoms. The SMILES string of the molecule is Cc1ccc(CNc2cc(F)ccc2NC(=O)OC(C)(C)C)cc1Br. The van der Waals surface area contributed by atoms with E-state index in [2.05, 4.69) is 26.6 Å². The molecule has 2 N–H and O–H groups in total. The van der Waals surface area contributed by atoms with E-state index < -0.39 is 11.7 Å². The van der Waals surface area contributed by atoms with Gasteiger partial charge in [0.15, 0.2) is 0 Å². The minimum atomic E-state index is -0.605. The fourth-order valence-electron chi connectivity index (χ4n) is 2.13. The number of rotatable bonds is 4. The standard InChI is InChI=1S/C19H22BrFN2O2/c1-12-5-6-13(9-15(12)20)11-22-17-10-14(21)7-8-16(17)23-18(24)25-19(2,3)4/h5-10,22H,11H2,1-4H3,(H,23,24). The van der Waals surface area contributed by atoms with Gasteiger partial charge in [0.25, 0.3) is 0 Å². The van der Waals surface area contributed by atoms with Crippen molar-refractivity contribution in [2.75, 3.05) is 10.6 Å². The minimum Gasteiger partial charge on any atom is -0.444 e.